The van der Waals surface area contributed by atoms with Crippen LogP contribution in [-0.2, 0) is 9.53 Å². The summed E-state index contributed by atoms with van der Waals surface area (Å²) in [6.45, 7) is 1.76. The smallest absolute Gasteiger partial charge is 0.333 e. The van der Waals surface area contributed by atoms with Crippen LogP contribution >= 0.6 is 0 Å². The zero-order valence-corrected chi connectivity index (χ0v) is 14.4. The third-order valence-corrected chi connectivity index (χ3v) is 3.47. The highest BCUT2D eigenvalue weighted by Gasteiger charge is 2.26. The second kappa shape index (κ2) is 8.09. The third kappa shape index (κ3) is 4.23. The molecule has 132 valence electrons. The van der Waals surface area contributed by atoms with Gasteiger partial charge in [0.2, 0.25) is 0 Å². The molecule has 8 heteroatoms. The predicted octanol–water partition coefficient (Wildman–Crippen LogP) is 1.45. The maximum absolute atomic E-state index is 12.4. The van der Waals surface area contributed by atoms with Gasteiger partial charge in [0.15, 0.2) is 17.5 Å². The van der Waals surface area contributed by atoms with Crippen molar-refractivity contribution in [1.82, 2.24) is 15.3 Å². The summed E-state index contributed by atoms with van der Waals surface area (Å²) >= 11 is 0. The van der Waals surface area contributed by atoms with Gasteiger partial charge in [-0.1, -0.05) is 6.07 Å². The molecule has 0 aliphatic rings. The van der Waals surface area contributed by atoms with Gasteiger partial charge in [-0.05, 0) is 24.6 Å². The van der Waals surface area contributed by atoms with Crippen molar-refractivity contribution in [3.63, 3.8) is 0 Å². The van der Waals surface area contributed by atoms with Crippen molar-refractivity contribution >= 4 is 11.9 Å². The van der Waals surface area contributed by atoms with Crippen molar-refractivity contribution in [1.29, 1.82) is 0 Å². The fourth-order valence-electron chi connectivity index (χ4n) is 2.14. The number of benzene rings is 1. The molecule has 0 radical (unpaired) electrons. The molecular formula is C17H19N3O5. The fraction of sp³-hybridized carbons (Fsp3) is 0.294. The molecule has 0 spiro atoms. The molecule has 2 aromatic rings. The molecule has 1 N–H and O–H groups in total. The lowest BCUT2D eigenvalue weighted by atomic mass is 10.1. The summed E-state index contributed by atoms with van der Waals surface area (Å²) in [5, 5.41) is 2.60. The second-order valence-corrected chi connectivity index (χ2v) is 5.09. The van der Waals surface area contributed by atoms with Crippen molar-refractivity contribution in [2.45, 2.75) is 13.0 Å². The van der Waals surface area contributed by atoms with Gasteiger partial charge in [0.1, 0.15) is 5.69 Å². The van der Waals surface area contributed by atoms with Crippen LogP contribution in [0.25, 0.3) is 0 Å². The number of amides is 1. The van der Waals surface area contributed by atoms with Crippen LogP contribution in [0.5, 0.6) is 11.5 Å². The van der Waals surface area contributed by atoms with Crippen molar-refractivity contribution in [2.24, 2.45) is 0 Å². The molecule has 8 nitrogen and oxygen atoms in total. The Hall–Kier alpha value is -3.16. The van der Waals surface area contributed by atoms with Crippen LogP contribution in [0.15, 0.2) is 30.6 Å². The minimum Gasteiger partial charge on any atom is -0.493 e. The van der Waals surface area contributed by atoms with Crippen LogP contribution < -0.4 is 14.8 Å². The Bertz CT molecular complexity index is 761. The van der Waals surface area contributed by atoms with Crippen LogP contribution in [0.1, 0.15) is 27.8 Å². The molecule has 0 aliphatic heterocycles. The first-order valence-electron chi connectivity index (χ1n) is 7.39. The first kappa shape index (κ1) is 18.2. The first-order chi connectivity index (χ1) is 12.0. The summed E-state index contributed by atoms with van der Waals surface area (Å²) < 4.78 is 15.2. The number of nitrogens with zero attached hydrogens (tertiary/aromatic N) is 2. The minimum atomic E-state index is -1.03. The Morgan fingerprint density at radius 2 is 1.76 bits per heavy atom. The number of rotatable bonds is 6. The summed E-state index contributed by atoms with van der Waals surface area (Å²) in [6.07, 6.45) is 2.81. The van der Waals surface area contributed by atoms with Gasteiger partial charge in [0.05, 0.1) is 33.2 Å². The number of methoxy groups -OCH3 is 3. The standard InChI is InChI=1S/C17H19N3O5/c1-10-8-19-12(9-18-10)16(21)20-15(17(22)25-4)11-5-6-13(23-2)14(7-11)24-3/h5-9,15H,1-4H3,(H,20,21). The van der Waals surface area contributed by atoms with Gasteiger partial charge in [-0.15, -0.1) is 0 Å². The largest absolute Gasteiger partial charge is 0.493 e. The summed E-state index contributed by atoms with van der Waals surface area (Å²) in [5.74, 6) is -0.234. The number of carbonyl (C=O) groups excluding carboxylic acids is 2. The van der Waals surface area contributed by atoms with E-state index in [1.165, 1.54) is 33.7 Å². The molecule has 0 aliphatic carbocycles. The van der Waals surface area contributed by atoms with E-state index in [-0.39, 0.29) is 5.69 Å². The van der Waals surface area contributed by atoms with E-state index < -0.39 is 17.9 Å². The lowest BCUT2D eigenvalue weighted by Crippen LogP contribution is -2.35. The number of esters is 1. The summed E-state index contributed by atoms with van der Waals surface area (Å²) in [6, 6.07) is 3.86. The normalized spacial score (nSPS) is 11.4. The Kier molecular flexibility index (Phi) is 5.89. The predicted molar refractivity (Wildman–Crippen MR) is 88.5 cm³/mol. The van der Waals surface area contributed by atoms with E-state index in [4.69, 9.17) is 14.2 Å². The number of nitrogens with one attached hydrogen (secondary N) is 1. The Morgan fingerprint density at radius 3 is 2.32 bits per heavy atom. The van der Waals surface area contributed by atoms with Crippen molar-refractivity contribution < 1.29 is 23.8 Å². The number of hydrogen-bond acceptors (Lipinski definition) is 7. The van der Waals surface area contributed by atoms with Crippen molar-refractivity contribution in [2.75, 3.05) is 21.3 Å². The first-order valence-corrected chi connectivity index (χ1v) is 7.39. The van der Waals surface area contributed by atoms with E-state index in [1.54, 1.807) is 25.1 Å². The van der Waals surface area contributed by atoms with Crippen LogP contribution in [0.4, 0.5) is 0 Å². The van der Waals surface area contributed by atoms with Crippen LogP contribution in [-0.4, -0.2) is 43.2 Å². The van der Waals surface area contributed by atoms with E-state index in [1.807, 2.05) is 0 Å². The van der Waals surface area contributed by atoms with Crippen molar-refractivity contribution in [3.05, 3.63) is 47.5 Å². The second-order valence-electron chi connectivity index (χ2n) is 5.09. The highest BCUT2D eigenvalue weighted by atomic mass is 16.5. The lowest BCUT2D eigenvalue weighted by Gasteiger charge is -2.18. The monoisotopic (exact) mass is 345 g/mol. The minimum absolute atomic E-state index is 0.0972. The molecule has 1 amide bonds. The number of carbonyl (C=O) groups is 2. The Balaban J connectivity index is 2.32. The zero-order chi connectivity index (χ0) is 18.4. The summed E-state index contributed by atoms with van der Waals surface area (Å²) in [7, 11) is 4.23. The number of ether oxygens (including phenoxy) is 3. The van der Waals surface area contributed by atoms with E-state index in [2.05, 4.69) is 15.3 Å². The van der Waals surface area contributed by atoms with E-state index in [0.29, 0.717) is 22.8 Å². The van der Waals surface area contributed by atoms with Gasteiger partial charge in [-0.25, -0.2) is 9.78 Å². The topological polar surface area (TPSA) is 99.6 Å². The molecular weight excluding hydrogens is 326 g/mol. The molecule has 1 atom stereocenters. The van der Waals surface area contributed by atoms with Gasteiger partial charge in [-0.2, -0.15) is 0 Å². The molecule has 2 rings (SSSR count). The average molecular weight is 345 g/mol. The number of hydrogen-bond donors (Lipinski definition) is 1. The summed E-state index contributed by atoms with van der Waals surface area (Å²) in [4.78, 5) is 32.5. The van der Waals surface area contributed by atoms with Gasteiger partial charge >= 0.3 is 5.97 Å². The molecule has 1 aromatic carbocycles. The molecule has 1 aromatic heterocycles. The van der Waals surface area contributed by atoms with Gasteiger partial charge in [0.25, 0.3) is 5.91 Å². The van der Waals surface area contributed by atoms with E-state index in [0.717, 1.165) is 0 Å². The third-order valence-electron chi connectivity index (χ3n) is 3.47. The molecule has 25 heavy (non-hydrogen) atoms. The highest BCUT2D eigenvalue weighted by Crippen LogP contribution is 2.30. The number of aryl methyl sites for hydroxylation is 1. The highest BCUT2D eigenvalue weighted by molar-refractivity contribution is 5.95. The molecule has 0 fully saturated rings. The van der Waals surface area contributed by atoms with Crippen molar-refractivity contribution in [3.8, 4) is 11.5 Å². The zero-order valence-electron chi connectivity index (χ0n) is 14.4. The van der Waals surface area contributed by atoms with E-state index >= 15 is 0 Å². The van der Waals surface area contributed by atoms with Crippen LogP contribution in [0.2, 0.25) is 0 Å². The molecule has 0 bridgehead atoms. The quantitative estimate of drug-likeness (QED) is 0.791. The van der Waals surface area contributed by atoms with Gasteiger partial charge in [0, 0.05) is 6.20 Å². The maximum atomic E-state index is 12.4. The Labute approximate surface area is 145 Å². The molecule has 1 heterocycles. The lowest BCUT2D eigenvalue weighted by molar-refractivity contribution is -0.143. The van der Waals surface area contributed by atoms with Gasteiger partial charge in [-0.3, -0.25) is 9.78 Å². The van der Waals surface area contributed by atoms with Gasteiger partial charge < -0.3 is 19.5 Å². The van der Waals surface area contributed by atoms with Crippen LogP contribution in [0, 0.1) is 6.92 Å². The number of aromatic nitrogens is 2. The maximum Gasteiger partial charge on any atom is 0.333 e. The molecule has 1 unspecified atom stereocenters. The Morgan fingerprint density at radius 1 is 1.04 bits per heavy atom. The molecule has 0 saturated heterocycles. The molecule has 0 saturated carbocycles. The fourth-order valence-corrected chi connectivity index (χ4v) is 2.14. The SMILES string of the molecule is COC(=O)C(NC(=O)c1cnc(C)cn1)c1ccc(OC)c(OC)c1. The van der Waals surface area contributed by atoms with E-state index in [9.17, 15) is 9.59 Å². The summed E-state index contributed by atoms with van der Waals surface area (Å²) in [5.41, 5.74) is 1.26. The average Bonchev–Trinajstić information content (AvgIpc) is 2.65. The van der Waals surface area contributed by atoms with Crippen LogP contribution in [0.3, 0.4) is 0 Å².